The van der Waals surface area contributed by atoms with Gasteiger partial charge < -0.3 is 4.57 Å². The molecule has 0 amide bonds. The molecule has 0 aliphatic carbocycles. The van der Waals surface area contributed by atoms with Crippen molar-refractivity contribution < 1.29 is 0 Å². The van der Waals surface area contributed by atoms with Gasteiger partial charge in [0.05, 0.1) is 5.69 Å². The molecule has 3 rings (SSSR count). The molecule has 1 aromatic carbocycles. The van der Waals surface area contributed by atoms with Crippen LogP contribution in [0.3, 0.4) is 0 Å². The molecule has 1 unspecified atom stereocenters. The molecular weight excluding hydrogens is 267 g/mol. The molecule has 1 aromatic heterocycles. The summed E-state index contributed by atoms with van der Waals surface area (Å²) in [7, 11) is 0. The van der Waals surface area contributed by atoms with Gasteiger partial charge in [-0.3, -0.25) is 0 Å². The number of nitrogens with zero attached hydrogens (tertiary/aromatic N) is 2. The quantitative estimate of drug-likeness (QED) is 0.737. The summed E-state index contributed by atoms with van der Waals surface area (Å²) in [5.74, 6) is 1.44. The highest BCUT2D eigenvalue weighted by Crippen LogP contribution is 2.36. The van der Waals surface area contributed by atoms with E-state index in [-0.39, 0.29) is 0 Å². The van der Waals surface area contributed by atoms with Crippen LogP contribution in [0.4, 0.5) is 0 Å². The molecular formula is C14H14Cl2N2. The first-order chi connectivity index (χ1) is 8.66. The summed E-state index contributed by atoms with van der Waals surface area (Å²) in [4.78, 5) is 4.53. The van der Waals surface area contributed by atoms with E-state index in [0.29, 0.717) is 11.1 Å². The van der Waals surface area contributed by atoms with Gasteiger partial charge in [0, 0.05) is 17.1 Å². The van der Waals surface area contributed by atoms with Crippen LogP contribution < -0.4 is 0 Å². The second-order valence-corrected chi connectivity index (χ2v) is 5.61. The number of fused-ring (bicyclic) bond motifs is 1. The maximum absolute atomic E-state index is 6.28. The average Bonchev–Trinajstić information content (AvgIpc) is 2.69. The largest absolute Gasteiger partial charge is 0.326 e. The van der Waals surface area contributed by atoms with Crippen LogP contribution in [0.5, 0.6) is 0 Å². The fourth-order valence-electron chi connectivity index (χ4n) is 2.64. The van der Waals surface area contributed by atoms with Gasteiger partial charge >= 0.3 is 0 Å². The van der Waals surface area contributed by atoms with E-state index in [4.69, 9.17) is 23.2 Å². The minimum absolute atomic E-state index is 0.486. The van der Waals surface area contributed by atoms with Gasteiger partial charge in [-0.15, -0.1) is 0 Å². The van der Waals surface area contributed by atoms with Crippen LogP contribution in [0, 0.1) is 0 Å². The fraction of sp³-hybridized carbons (Fsp3) is 0.357. The molecule has 2 nitrogen and oxygen atoms in total. The third kappa shape index (κ3) is 1.94. The SMILES string of the molecule is CC1CCCn2c(-c3ccc(Cl)cc3)nc(Cl)c21. The fourth-order valence-corrected chi connectivity index (χ4v) is 3.14. The number of benzene rings is 1. The zero-order valence-electron chi connectivity index (χ0n) is 10.2. The molecule has 0 fully saturated rings. The van der Waals surface area contributed by atoms with Crippen LogP contribution in [-0.2, 0) is 6.54 Å². The van der Waals surface area contributed by atoms with Crippen molar-refractivity contribution in [3.8, 4) is 11.4 Å². The number of imidazole rings is 1. The second-order valence-electron chi connectivity index (χ2n) is 4.81. The van der Waals surface area contributed by atoms with E-state index >= 15 is 0 Å². The molecule has 0 radical (unpaired) electrons. The highest BCUT2D eigenvalue weighted by Gasteiger charge is 2.24. The third-order valence-electron chi connectivity index (χ3n) is 3.55. The van der Waals surface area contributed by atoms with E-state index in [2.05, 4.69) is 16.5 Å². The second kappa shape index (κ2) is 4.60. The van der Waals surface area contributed by atoms with Crippen LogP contribution in [0.15, 0.2) is 24.3 Å². The molecule has 1 aliphatic rings. The number of hydrogen-bond donors (Lipinski definition) is 0. The van der Waals surface area contributed by atoms with E-state index < -0.39 is 0 Å². The number of halogens is 2. The molecule has 0 N–H and O–H groups in total. The summed E-state index contributed by atoms with van der Waals surface area (Å²) in [6.07, 6.45) is 2.37. The van der Waals surface area contributed by atoms with Crippen molar-refractivity contribution in [2.75, 3.05) is 0 Å². The summed E-state index contributed by atoms with van der Waals surface area (Å²) in [6.45, 7) is 3.21. The van der Waals surface area contributed by atoms with Crippen LogP contribution >= 0.6 is 23.2 Å². The standard InChI is InChI=1S/C14H14Cl2N2/c1-9-3-2-8-18-12(9)13(16)17-14(18)10-4-6-11(15)7-5-10/h4-7,9H,2-3,8H2,1H3. The Labute approximate surface area is 117 Å². The van der Waals surface area contributed by atoms with E-state index in [1.807, 2.05) is 24.3 Å². The molecule has 0 bridgehead atoms. The average molecular weight is 281 g/mol. The van der Waals surface area contributed by atoms with Gasteiger partial charge in [-0.05, 0) is 43.0 Å². The predicted molar refractivity (Wildman–Crippen MR) is 75.3 cm³/mol. The van der Waals surface area contributed by atoms with Crippen LogP contribution in [0.1, 0.15) is 31.4 Å². The van der Waals surface area contributed by atoms with Crippen LogP contribution in [0.25, 0.3) is 11.4 Å². The molecule has 1 aliphatic heterocycles. The summed E-state index contributed by atoms with van der Waals surface area (Å²) in [5, 5.41) is 1.38. The van der Waals surface area contributed by atoms with Crippen LogP contribution in [-0.4, -0.2) is 9.55 Å². The third-order valence-corrected chi connectivity index (χ3v) is 4.08. The van der Waals surface area contributed by atoms with Crippen molar-refractivity contribution in [2.45, 2.75) is 32.2 Å². The Kier molecular flexibility index (Phi) is 3.08. The Morgan fingerprint density at radius 3 is 2.67 bits per heavy atom. The first kappa shape index (κ1) is 12.1. The Morgan fingerprint density at radius 2 is 1.94 bits per heavy atom. The van der Waals surface area contributed by atoms with Crippen molar-refractivity contribution in [3.05, 3.63) is 40.1 Å². The van der Waals surface area contributed by atoms with Gasteiger partial charge in [-0.1, -0.05) is 30.1 Å². The Morgan fingerprint density at radius 1 is 1.22 bits per heavy atom. The monoisotopic (exact) mass is 280 g/mol. The lowest BCUT2D eigenvalue weighted by Gasteiger charge is -2.22. The van der Waals surface area contributed by atoms with Gasteiger partial charge in [0.25, 0.3) is 0 Å². The molecule has 2 heterocycles. The Hall–Kier alpha value is -0.990. The van der Waals surface area contributed by atoms with Gasteiger partial charge in [-0.2, -0.15) is 0 Å². The minimum Gasteiger partial charge on any atom is -0.326 e. The van der Waals surface area contributed by atoms with Gasteiger partial charge in [0.2, 0.25) is 0 Å². The smallest absolute Gasteiger partial charge is 0.151 e. The van der Waals surface area contributed by atoms with Crippen molar-refractivity contribution in [1.29, 1.82) is 0 Å². The predicted octanol–water partition coefficient (Wildman–Crippen LogP) is 4.75. The Balaban J connectivity index is 2.13. The topological polar surface area (TPSA) is 17.8 Å². The molecule has 4 heteroatoms. The molecule has 2 aromatic rings. The van der Waals surface area contributed by atoms with E-state index in [9.17, 15) is 0 Å². The lowest BCUT2D eigenvalue weighted by Crippen LogP contribution is -2.14. The maximum Gasteiger partial charge on any atom is 0.151 e. The van der Waals surface area contributed by atoms with Crippen LogP contribution in [0.2, 0.25) is 10.2 Å². The molecule has 94 valence electrons. The van der Waals surface area contributed by atoms with Crippen molar-refractivity contribution in [3.63, 3.8) is 0 Å². The van der Waals surface area contributed by atoms with Crippen molar-refractivity contribution in [2.24, 2.45) is 0 Å². The lowest BCUT2D eigenvalue weighted by atomic mass is 9.98. The summed E-state index contributed by atoms with van der Waals surface area (Å²) >= 11 is 12.2. The molecule has 0 spiro atoms. The summed E-state index contributed by atoms with van der Waals surface area (Å²) in [6, 6.07) is 7.76. The summed E-state index contributed by atoms with van der Waals surface area (Å²) in [5.41, 5.74) is 2.24. The molecule has 1 atom stereocenters. The van der Waals surface area contributed by atoms with Gasteiger partial charge in [0.1, 0.15) is 5.82 Å². The Bertz CT molecular complexity index is 572. The van der Waals surface area contributed by atoms with E-state index in [1.54, 1.807) is 0 Å². The molecule has 18 heavy (non-hydrogen) atoms. The van der Waals surface area contributed by atoms with E-state index in [0.717, 1.165) is 23.0 Å². The highest BCUT2D eigenvalue weighted by atomic mass is 35.5. The van der Waals surface area contributed by atoms with Gasteiger partial charge in [-0.25, -0.2) is 4.98 Å². The minimum atomic E-state index is 0.486. The number of hydrogen-bond acceptors (Lipinski definition) is 1. The first-order valence-electron chi connectivity index (χ1n) is 6.18. The van der Waals surface area contributed by atoms with Crippen molar-refractivity contribution in [1.82, 2.24) is 9.55 Å². The number of rotatable bonds is 1. The lowest BCUT2D eigenvalue weighted by molar-refractivity contribution is 0.478. The normalized spacial score (nSPS) is 18.7. The number of aromatic nitrogens is 2. The zero-order chi connectivity index (χ0) is 12.7. The molecule has 0 saturated heterocycles. The van der Waals surface area contributed by atoms with Crippen molar-refractivity contribution >= 4 is 23.2 Å². The zero-order valence-corrected chi connectivity index (χ0v) is 11.7. The highest BCUT2D eigenvalue weighted by molar-refractivity contribution is 6.31. The van der Waals surface area contributed by atoms with E-state index in [1.165, 1.54) is 18.5 Å². The first-order valence-corrected chi connectivity index (χ1v) is 6.94. The maximum atomic E-state index is 6.28. The van der Waals surface area contributed by atoms with Gasteiger partial charge in [0.15, 0.2) is 5.15 Å². The molecule has 0 saturated carbocycles. The summed E-state index contributed by atoms with van der Waals surface area (Å²) < 4.78 is 2.25.